The van der Waals surface area contributed by atoms with Gasteiger partial charge in [-0.25, -0.2) is 0 Å². The van der Waals surface area contributed by atoms with E-state index >= 15 is 0 Å². The summed E-state index contributed by atoms with van der Waals surface area (Å²) in [6.07, 6.45) is 0.106. The number of nitrogens with zero attached hydrogens (tertiary/aromatic N) is 1. The van der Waals surface area contributed by atoms with Crippen LogP contribution in [0.3, 0.4) is 0 Å². The van der Waals surface area contributed by atoms with Gasteiger partial charge in [0.25, 0.3) is 0 Å². The fraction of sp³-hybridized carbons (Fsp3) is 0.176. The van der Waals surface area contributed by atoms with E-state index in [2.05, 4.69) is 5.32 Å². The summed E-state index contributed by atoms with van der Waals surface area (Å²) in [6, 6.07) is 11.8. The molecule has 0 aliphatic carbocycles. The van der Waals surface area contributed by atoms with Gasteiger partial charge >= 0.3 is 0 Å². The minimum absolute atomic E-state index is 0.106. The van der Waals surface area contributed by atoms with Gasteiger partial charge in [-0.3, -0.25) is 9.59 Å². The quantitative estimate of drug-likeness (QED) is 0.785. The highest BCUT2D eigenvalue weighted by Gasteiger charge is 2.16. The molecule has 2 amide bonds. The summed E-state index contributed by atoms with van der Waals surface area (Å²) >= 11 is 17.9. The fourth-order valence-corrected chi connectivity index (χ4v) is 2.94. The number of hydrogen-bond donors (Lipinski definition) is 1. The number of nitrogens with one attached hydrogen (secondary N) is 1. The lowest BCUT2D eigenvalue weighted by atomic mass is 10.2. The molecule has 0 radical (unpaired) electrons. The maximum Gasteiger partial charge on any atom is 0.226 e. The third kappa shape index (κ3) is 5.13. The SMILES string of the molecule is CC(=O)N(CCC(=O)Nc1cc(Cl)cc(Cl)c1)c1ccccc1Cl. The van der Waals surface area contributed by atoms with Gasteiger partial charge in [0.2, 0.25) is 11.8 Å². The van der Waals surface area contributed by atoms with Crippen LogP contribution in [-0.4, -0.2) is 18.4 Å². The van der Waals surface area contributed by atoms with E-state index in [1.54, 1.807) is 42.5 Å². The maximum atomic E-state index is 12.1. The number of benzene rings is 2. The highest BCUT2D eigenvalue weighted by molar-refractivity contribution is 6.35. The molecule has 0 aliphatic rings. The van der Waals surface area contributed by atoms with E-state index in [-0.39, 0.29) is 24.8 Å². The summed E-state index contributed by atoms with van der Waals surface area (Å²) in [7, 11) is 0. The largest absolute Gasteiger partial charge is 0.326 e. The molecule has 0 saturated carbocycles. The molecule has 24 heavy (non-hydrogen) atoms. The molecule has 0 aromatic heterocycles. The smallest absolute Gasteiger partial charge is 0.226 e. The molecule has 0 spiro atoms. The van der Waals surface area contributed by atoms with Crippen LogP contribution >= 0.6 is 34.8 Å². The zero-order chi connectivity index (χ0) is 17.7. The Bertz CT molecular complexity index is 745. The van der Waals surface area contributed by atoms with Crippen LogP contribution in [0.1, 0.15) is 13.3 Å². The van der Waals surface area contributed by atoms with Gasteiger partial charge in [-0.15, -0.1) is 0 Å². The summed E-state index contributed by atoms with van der Waals surface area (Å²) in [5, 5.41) is 4.02. The summed E-state index contributed by atoms with van der Waals surface area (Å²) < 4.78 is 0. The monoisotopic (exact) mass is 384 g/mol. The number of hydrogen-bond acceptors (Lipinski definition) is 2. The predicted molar refractivity (Wildman–Crippen MR) is 99.2 cm³/mol. The van der Waals surface area contributed by atoms with Crippen LogP contribution in [0.4, 0.5) is 11.4 Å². The second-order valence-corrected chi connectivity index (χ2v) is 6.36. The van der Waals surface area contributed by atoms with E-state index in [9.17, 15) is 9.59 Å². The van der Waals surface area contributed by atoms with Gasteiger partial charge in [-0.05, 0) is 30.3 Å². The van der Waals surface area contributed by atoms with E-state index in [1.165, 1.54) is 11.8 Å². The number of halogens is 3. The number of amides is 2. The van der Waals surface area contributed by atoms with Crippen LogP contribution < -0.4 is 10.2 Å². The van der Waals surface area contributed by atoms with Crippen LogP contribution in [0, 0.1) is 0 Å². The number of carbonyl (C=O) groups is 2. The van der Waals surface area contributed by atoms with E-state index in [0.29, 0.717) is 26.4 Å². The molecule has 2 aromatic rings. The minimum Gasteiger partial charge on any atom is -0.326 e. The zero-order valence-electron chi connectivity index (χ0n) is 12.9. The Labute approximate surface area is 155 Å². The Hall–Kier alpha value is -1.75. The number of para-hydroxylation sites is 1. The highest BCUT2D eigenvalue weighted by atomic mass is 35.5. The van der Waals surface area contributed by atoms with E-state index in [0.717, 1.165) is 0 Å². The molecule has 0 heterocycles. The van der Waals surface area contributed by atoms with E-state index in [4.69, 9.17) is 34.8 Å². The number of rotatable bonds is 5. The lowest BCUT2D eigenvalue weighted by molar-refractivity contribution is -0.117. The molecule has 2 rings (SSSR count). The molecular weight excluding hydrogens is 371 g/mol. The standard InChI is InChI=1S/C17H15Cl3N2O2/c1-11(23)22(16-5-3-2-4-15(16)20)7-6-17(24)21-14-9-12(18)8-13(19)10-14/h2-5,8-10H,6-7H2,1H3,(H,21,24). The van der Waals surface area contributed by atoms with Crippen LogP contribution in [0.5, 0.6) is 0 Å². The van der Waals surface area contributed by atoms with Gasteiger partial charge in [0.05, 0.1) is 10.7 Å². The van der Waals surface area contributed by atoms with Crippen molar-refractivity contribution in [1.82, 2.24) is 0 Å². The van der Waals surface area contributed by atoms with Crippen LogP contribution in [0.25, 0.3) is 0 Å². The van der Waals surface area contributed by atoms with Crippen molar-refractivity contribution in [3.8, 4) is 0 Å². The van der Waals surface area contributed by atoms with Crippen molar-refractivity contribution < 1.29 is 9.59 Å². The molecule has 7 heteroatoms. The van der Waals surface area contributed by atoms with Crippen LogP contribution in [0.15, 0.2) is 42.5 Å². The first kappa shape index (κ1) is 18.6. The Balaban J connectivity index is 2.03. The maximum absolute atomic E-state index is 12.1. The first-order valence-corrected chi connectivity index (χ1v) is 8.29. The second kappa shape index (κ2) is 8.38. The minimum atomic E-state index is -0.258. The Morgan fingerprint density at radius 3 is 2.25 bits per heavy atom. The van der Waals surface area contributed by atoms with Gasteiger partial charge in [0.1, 0.15) is 0 Å². The molecule has 0 aliphatic heterocycles. The van der Waals surface area contributed by atoms with Crippen molar-refractivity contribution in [1.29, 1.82) is 0 Å². The zero-order valence-corrected chi connectivity index (χ0v) is 15.1. The topological polar surface area (TPSA) is 49.4 Å². The van der Waals surface area contributed by atoms with Crippen molar-refractivity contribution in [3.63, 3.8) is 0 Å². The third-order valence-electron chi connectivity index (χ3n) is 3.23. The van der Waals surface area contributed by atoms with Gasteiger partial charge in [-0.1, -0.05) is 46.9 Å². The van der Waals surface area contributed by atoms with Gasteiger partial charge in [-0.2, -0.15) is 0 Å². The van der Waals surface area contributed by atoms with Crippen molar-refractivity contribution in [2.75, 3.05) is 16.8 Å². The lowest BCUT2D eigenvalue weighted by Crippen LogP contribution is -2.32. The first-order chi connectivity index (χ1) is 11.4. The summed E-state index contributed by atoms with van der Waals surface area (Å²) in [4.78, 5) is 25.4. The molecule has 1 N–H and O–H groups in total. The summed E-state index contributed by atoms with van der Waals surface area (Å²) in [6.45, 7) is 1.64. The summed E-state index contributed by atoms with van der Waals surface area (Å²) in [5.41, 5.74) is 1.08. The first-order valence-electron chi connectivity index (χ1n) is 7.15. The molecule has 4 nitrogen and oxygen atoms in total. The molecular formula is C17H15Cl3N2O2. The normalized spacial score (nSPS) is 10.3. The van der Waals surface area contributed by atoms with Crippen molar-refractivity contribution in [2.24, 2.45) is 0 Å². The Morgan fingerprint density at radius 1 is 1.04 bits per heavy atom. The number of anilines is 2. The fourth-order valence-electron chi connectivity index (χ4n) is 2.18. The van der Waals surface area contributed by atoms with E-state index in [1.807, 2.05) is 0 Å². The average Bonchev–Trinajstić information content (AvgIpc) is 2.47. The molecule has 0 unspecified atom stereocenters. The lowest BCUT2D eigenvalue weighted by Gasteiger charge is -2.22. The molecule has 0 atom stereocenters. The van der Waals surface area contributed by atoms with Gasteiger partial charge < -0.3 is 10.2 Å². The molecule has 126 valence electrons. The molecule has 0 saturated heterocycles. The summed E-state index contributed by atoms with van der Waals surface area (Å²) in [5.74, 6) is -0.451. The molecule has 2 aromatic carbocycles. The van der Waals surface area contributed by atoms with Crippen molar-refractivity contribution >= 4 is 58.0 Å². The predicted octanol–water partition coefficient (Wildman–Crippen LogP) is 5.03. The van der Waals surface area contributed by atoms with Gasteiger partial charge in [0, 0.05) is 35.6 Å². The Morgan fingerprint density at radius 2 is 1.67 bits per heavy atom. The third-order valence-corrected chi connectivity index (χ3v) is 3.99. The second-order valence-electron chi connectivity index (χ2n) is 5.08. The molecule has 0 bridgehead atoms. The van der Waals surface area contributed by atoms with E-state index < -0.39 is 0 Å². The van der Waals surface area contributed by atoms with Crippen molar-refractivity contribution in [2.45, 2.75) is 13.3 Å². The van der Waals surface area contributed by atoms with Crippen LogP contribution in [-0.2, 0) is 9.59 Å². The van der Waals surface area contributed by atoms with Crippen molar-refractivity contribution in [3.05, 3.63) is 57.5 Å². The Kier molecular flexibility index (Phi) is 6.49. The van der Waals surface area contributed by atoms with Gasteiger partial charge in [0.15, 0.2) is 0 Å². The number of carbonyl (C=O) groups excluding carboxylic acids is 2. The van der Waals surface area contributed by atoms with Crippen LogP contribution in [0.2, 0.25) is 15.1 Å². The highest BCUT2D eigenvalue weighted by Crippen LogP contribution is 2.26. The average molecular weight is 386 g/mol. The molecule has 0 fully saturated rings.